The second-order valence-corrected chi connectivity index (χ2v) is 9.12. The number of amides is 1. The van der Waals surface area contributed by atoms with Gasteiger partial charge >= 0.3 is 0 Å². The van der Waals surface area contributed by atoms with Gasteiger partial charge in [0.25, 0.3) is 5.91 Å². The SMILES string of the molecule is CCCC(C)CN1CCC(c2cccc(OC)c2)(c2ncc(C(=O)N(C)CC)cn2)CC1. The Bertz CT molecular complexity index is 876. The van der Waals surface area contributed by atoms with Gasteiger partial charge in [-0.15, -0.1) is 0 Å². The summed E-state index contributed by atoms with van der Waals surface area (Å²) in [6, 6.07) is 8.29. The molecular weight excluding hydrogens is 400 g/mol. The van der Waals surface area contributed by atoms with Gasteiger partial charge in [0.05, 0.1) is 18.1 Å². The molecule has 2 aromatic rings. The highest BCUT2D eigenvalue weighted by molar-refractivity contribution is 5.93. The van der Waals surface area contributed by atoms with E-state index in [1.54, 1.807) is 31.5 Å². The molecule has 1 atom stereocenters. The molecule has 0 aliphatic carbocycles. The van der Waals surface area contributed by atoms with Gasteiger partial charge in [0, 0.05) is 32.5 Å². The fraction of sp³-hybridized carbons (Fsp3) is 0.577. The van der Waals surface area contributed by atoms with Gasteiger partial charge in [0.1, 0.15) is 11.6 Å². The highest BCUT2D eigenvalue weighted by Gasteiger charge is 2.41. The lowest BCUT2D eigenvalue weighted by Gasteiger charge is -2.42. The molecule has 0 bridgehead atoms. The predicted octanol–water partition coefficient (Wildman–Crippen LogP) is 4.40. The van der Waals surface area contributed by atoms with Gasteiger partial charge in [0.2, 0.25) is 0 Å². The molecule has 32 heavy (non-hydrogen) atoms. The van der Waals surface area contributed by atoms with Crippen LogP contribution in [0.5, 0.6) is 5.75 Å². The molecule has 2 heterocycles. The normalized spacial score (nSPS) is 17.0. The topological polar surface area (TPSA) is 58.6 Å². The van der Waals surface area contributed by atoms with Crippen LogP contribution < -0.4 is 4.74 Å². The maximum Gasteiger partial charge on any atom is 0.256 e. The first kappa shape index (κ1) is 24.2. The summed E-state index contributed by atoms with van der Waals surface area (Å²) in [7, 11) is 3.49. The van der Waals surface area contributed by atoms with Crippen LogP contribution in [0.1, 0.15) is 68.2 Å². The number of rotatable bonds is 9. The van der Waals surface area contributed by atoms with Crippen LogP contribution in [0.4, 0.5) is 0 Å². The second-order valence-electron chi connectivity index (χ2n) is 9.12. The molecule has 0 saturated carbocycles. The molecule has 3 rings (SSSR count). The van der Waals surface area contributed by atoms with Crippen LogP contribution in [0.2, 0.25) is 0 Å². The molecule has 1 aliphatic rings. The number of aromatic nitrogens is 2. The Morgan fingerprint density at radius 2 is 1.91 bits per heavy atom. The minimum absolute atomic E-state index is 0.0470. The maximum absolute atomic E-state index is 12.5. The summed E-state index contributed by atoms with van der Waals surface area (Å²) in [6.07, 6.45) is 7.77. The Balaban J connectivity index is 1.90. The van der Waals surface area contributed by atoms with Crippen LogP contribution in [-0.4, -0.2) is 66.0 Å². The van der Waals surface area contributed by atoms with Crippen molar-refractivity contribution in [2.24, 2.45) is 5.92 Å². The van der Waals surface area contributed by atoms with Crippen molar-refractivity contribution in [1.29, 1.82) is 0 Å². The fourth-order valence-electron chi connectivity index (χ4n) is 4.75. The molecule has 6 heteroatoms. The first-order valence-corrected chi connectivity index (χ1v) is 11.9. The van der Waals surface area contributed by atoms with Crippen molar-refractivity contribution >= 4 is 5.91 Å². The van der Waals surface area contributed by atoms with E-state index in [2.05, 4.69) is 30.9 Å². The molecular formula is C26H38N4O2. The fourth-order valence-corrected chi connectivity index (χ4v) is 4.75. The Morgan fingerprint density at radius 1 is 1.22 bits per heavy atom. The Kier molecular flexibility index (Phi) is 8.24. The van der Waals surface area contributed by atoms with E-state index in [0.29, 0.717) is 18.0 Å². The zero-order chi connectivity index (χ0) is 23.1. The van der Waals surface area contributed by atoms with Crippen molar-refractivity contribution in [3.8, 4) is 5.75 Å². The van der Waals surface area contributed by atoms with Crippen molar-refractivity contribution in [2.75, 3.05) is 40.3 Å². The highest BCUT2D eigenvalue weighted by Crippen LogP contribution is 2.41. The largest absolute Gasteiger partial charge is 0.497 e. The molecule has 1 fully saturated rings. The lowest BCUT2D eigenvalue weighted by molar-refractivity contribution is 0.0801. The first-order valence-electron chi connectivity index (χ1n) is 11.9. The lowest BCUT2D eigenvalue weighted by Crippen LogP contribution is -2.45. The van der Waals surface area contributed by atoms with Crippen molar-refractivity contribution < 1.29 is 9.53 Å². The van der Waals surface area contributed by atoms with Crippen molar-refractivity contribution in [3.63, 3.8) is 0 Å². The van der Waals surface area contributed by atoms with Gasteiger partial charge in [-0.1, -0.05) is 32.4 Å². The number of methoxy groups -OCH3 is 1. The second kappa shape index (κ2) is 10.9. The van der Waals surface area contributed by atoms with Crippen LogP contribution in [0.15, 0.2) is 36.7 Å². The quantitative estimate of drug-likeness (QED) is 0.581. The van der Waals surface area contributed by atoms with E-state index in [4.69, 9.17) is 14.7 Å². The number of benzene rings is 1. The van der Waals surface area contributed by atoms with E-state index in [1.165, 1.54) is 18.4 Å². The average Bonchev–Trinajstić information content (AvgIpc) is 2.84. The summed E-state index contributed by atoms with van der Waals surface area (Å²) < 4.78 is 5.52. The number of carbonyl (C=O) groups is 1. The molecule has 1 aliphatic heterocycles. The zero-order valence-electron chi connectivity index (χ0n) is 20.3. The number of ether oxygens (including phenoxy) is 1. The molecule has 0 spiro atoms. The van der Waals surface area contributed by atoms with Crippen LogP contribution in [0.25, 0.3) is 0 Å². The number of hydrogen-bond donors (Lipinski definition) is 0. The molecule has 1 aromatic heterocycles. The Hall–Kier alpha value is -2.47. The van der Waals surface area contributed by atoms with Crippen molar-refractivity contribution in [1.82, 2.24) is 19.8 Å². The van der Waals surface area contributed by atoms with Crippen LogP contribution in [0, 0.1) is 5.92 Å². The van der Waals surface area contributed by atoms with Gasteiger partial charge < -0.3 is 14.5 Å². The standard InChI is InChI=1S/C26H38N4O2/c1-6-9-20(3)19-30-14-12-26(13-15-30,22-10-8-11-23(16-22)32-5)25-27-17-21(18-28-25)24(31)29(4)7-2/h8,10-11,16-18,20H,6-7,9,12-15,19H2,1-5H3. The van der Waals surface area contributed by atoms with Crippen molar-refractivity contribution in [2.45, 2.75) is 51.9 Å². The minimum atomic E-state index is -0.280. The smallest absolute Gasteiger partial charge is 0.256 e. The Labute approximate surface area is 193 Å². The third-order valence-electron chi connectivity index (χ3n) is 6.83. The van der Waals surface area contributed by atoms with Gasteiger partial charge in [0.15, 0.2) is 0 Å². The first-order chi connectivity index (χ1) is 15.4. The van der Waals surface area contributed by atoms with E-state index in [0.717, 1.165) is 44.0 Å². The third-order valence-corrected chi connectivity index (χ3v) is 6.83. The van der Waals surface area contributed by atoms with E-state index < -0.39 is 0 Å². The van der Waals surface area contributed by atoms with E-state index in [-0.39, 0.29) is 11.3 Å². The Morgan fingerprint density at radius 3 is 2.50 bits per heavy atom. The molecule has 174 valence electrons. The minimum Gasteiger partial charge on any atom is -0.497 e. The molecule has 1 saturated heterocycles. The summed E-state index contributed by atoms with van der Waals surface area (Å²) >= 11 is 0. The van der Waals surface area contributed by atoms with Gasteiger partial charge in [-0.2, -0.15) is 0 Å². The summed E-state index contributed by atoms with van der Waals surface area (Å²) in [5, 5.41) is 0. The number of nitrogens with zero attached hydrogens (tertiary/aromatic N) is 4. The molecule has 6 nitrogen and oxygen atoms in total. The summed E-state index contributed by atoms with van der Waals surface area (Å²) in [6.45, 7) is 10.4. The third kappa shape index (κ3) is 5.29. The van der Waals surface area contributed by atoms with Crippen LogP contribution in [-0.2, 0) is 5.41 Å². The predicted molar refractivity (Wildman–Crippen MR) is 128 cm³/mol. The molecule has 0 radical (unpaired) electrons. The lowest BCUT2D eigenvalue weighted by atomic mass is 9.71. The molecule has 0 N–H and O–H groups in total. The number of carbonyl (C=O) groups excluding carboxylic acids is 1. The van der Waals surface area contributed by atoms with Crippen LogP contribution in [0.3, 0.4) is 0 Å². The zero-order valence-corrected chi connectivity index (χ0v) is 20.3. The maximum atomic E-state index is 12.5. The molecule has 1 aromatic carbocycles. The average molecular weight is 439 g/mol. The van der Waals surface area contributed by atoms with Gasteiger partial charge in [-0.3, -0.25) is 4.79 Å². The molecule has 1 unspecified atom stereocenters. The number of likely N-dealkylation sites (tertiary alicyclic amines) is 1. The van der Waals surface area contributed by atoms with Crippen molar-refractivity contribution in [3.05, 3.63) is 53.6 Å². The monoisotopic (exact) mass is 438 g/mol. The highest BCUT2D eigenvalue weighted by atomic mass is 16.5. The van der Waals surface area contributed by atoms with E-state index in [9.17, 15) is 4.79 Å². The summed E-state index contributed by atoms with van der Waals surface area (Å²) in [5.74, 6) is 2.30. The van der Waals surface area contributed by atoms with E-state index in [1.807, 2.05) is 19.1 Å². The summed E-state index contributed by atoms with van der Waals surface area (Å²) in [4.78, 5) is 26.3. The van der Waals surface area contributed by atoms with Crippen LogP contribution >= 0.6 is 0 Å². The molecule has 1 amide bonds. The number of hydrogen-bond acceptors (Lipinski definition) is 5. The van der Waals surface area contributed by atoms with Gasteiger partial charge in [-0.05, 0) is 62.9 Å². The van der Waals surface area contributed by atoms with Gasteiger partial charge in [-0.25, -0.2) is 9.97 Å². The summed E-state index contributed by atoms with van der Waals surface area (Å²) in [5.41, 5.74) is 1.43. The van der Waals surface area contributed by atoms with E-state index >= 15 is 0 Å². The number of piperidine rings is 1.